The van der Waals surface area contributed by atoms with E-state index in [4.69, 9.17) is 4.52 Å². The molecule has 0 aliphatic carbocycles. The molecule has 1 atom stereocenters. The van der Waals surface area contributed by atoms with Gasteiger partial charge in [-0.3, -0.25) is 0 Å². The van der Waals surface area contributed by atoms with Crippen molar-refractivity contribution in [3.8, 4) is 0 Å². The molecule has 0 aromatic carbocycles. The summed E-state index contributed by atoms with van der Waals surface area (Å²) in [6.07, 6.45) is 5.40. The van der Waals surface area contributed by atoms with Crippen LogP contribution >= 0.6 is 12.4 Å². The van der Waals surface area contributed by atoms with Gasteiger partial charge in [-0.25, -0.2) is 0 Å². The van der Waals surface area contributed by atoms with Crippen molar-refractivity contribution in [1.29, 1.82) is 0 Å². The first kappa shape index (κ1) is 9.55. The van der Waals surface area contributed by atoms with E-state index in [9.17, 15) is 0 Å². The van der Waals surface area contributed by atoms with E-state index in [1.54, 1.807) is 6.26 Å². The predicted molar refractivity (Wildman–Crippen MR) is 48.3 cm³/mol. The Bertz CT molecular complexity index is 207. The maximum atomic E-state index is 4.78. The molecule has 2 heterocycles. The average molecular weight is 189 g/mol. The average Bonchev–Trinajstić information content (AvgIpc) is 2.58. The van der Waals surface area contributed by atoms with Crippen LogP contribution in [0, 0.1) is 0 Å². The van der Waals surface area contributed by atoms with Gasteiger partial charge in [0.2, 0.25) is 0 Å². The zero-order valence-electron chi connectivity index (χ0n) is 6.82. The second-order valence-corrected chi connectivity index (χ2v) is 2.93. The summed E-state index contributed by atoms with van der Waals surface area (Å²) >= 11 is 0. The van der Waals surface area contributed by atoms with Gasteiger partial charge in [0, 0.05) is 6.07 Å². The van der Waals surface area contributed by atoms with Gasteiger partial charge < -0.3 is 9.84 Å². The van der Waals surface area contributed by atoms with Crippen molar-refractivity contribution >= 4 is 12.4 Å². The molecule has 1 aliphatic rings. The molecule has 1 saturated heterocycles. The van der Waals surface area contributed by atoms with Gasteiger partial charge in [-0.2, -0.15) is 0 Å². The van der Waals surface area contributed by atoms with Gasteiger partial charge >= 0.3 is 0 Å². The molecular formula is C8H13ClN2O. The number of halogens is 1. The lowest BCUT2D eigenvalue weighted by molar-refractivity contribution is 0.364. The van der Waals surface area contributed by atoms with Gasteiger partial charge in [-0.1, -0.05) is 11.6 Å². The van der Waals surface area contributed by atoms with Crippen LogP contribution in [0.25, 0.3) is 0 Å². The van der Waals surface area contributed by atoms with Crippen molar-refractivity contribution in [3.63, 3.8) is 0 Å². The van der Waals surface area contributed by atoms with Crippen molar-refractivity contribution in [2.75, 3.05) is 6.54 Å². The first-order chi connectivity index (χ1) is 5.47. The first-order valence-electron chi connectivity index (χ1n) is 4.10. The third-order valence-electron chi connectivity index (χ3n) is 2.13. The van der Waals surface area contributed by atoms with E-state index in [0.29, 0.717) is 6.04 Å². The number of nitrogens with zero attached hydrogens (tertiary/aromatic N) is 1. The molecule has 0 spiro atoms. The highest BCUT2D eigenvalue weighted by Crippen LogP contribution is 2.20. The Labute approximate surface area is 77.9 Å². The fourth-order valence-corrected chi connectivity index (χ4v) is 1.51. The van der Waals surface area contributed by atoms with Crippen molar-refractivity contribution in [2.45, 2.75) is 25.3 Å². The normalized spacial score (nSPS) is 23.2. The van der Waals surface area contributed by atoms with Gasteiger partial charge in [-0.05, 0) is 19.4 Å². The van der Waals surface area contributed by atoms with Crippen LogP contribution in [0.3, 0.4) is 0 Å². The van der Waals surface area contributed by atoms with Crippen LogP contribution in [0.5, 0.6) is 0 Å². The SMILES string of the molecule is Cl.c1cc([C@H]2CCCCN2)no1. The molecule has 0 amide bonds. The topological polar surface area (TPSA) is 38.1 Å². The van der Waals surface area contributed by atoms with Crippen LogP contribution in [-0.2, 0) is 0 Å². The van der Waals surface area contributed by atoms with E-state index >= 15 is 0 Å². The summed E-state index contributed by atoms with van der Waals surface area (Å²) in [6, 6.07) is 2.37. The van der Waals surface area contributed by atoms with Gasteiger partial charge in [0.1, 0.15) is 12.0 Å². The van der Waals surface area contributed by atoms with Crippen LogP contribution in [0.4, 0.5) is 0 Å². The fraction of sp³-hybridized carbons (Fsp3) is 0.625. The van der Waals surface area contributed by atoms with Crippen LogP contribution in [-0.4, -0.2) is 11.7 Å². The Balaban J connectivity index is 0.000000720. The van der Waals surface area contributed by atoms with Crippen LogP contribution in [0.1, 0.15) is 31.0 Å². The van der Waals surface area contributed by atoms with Crippen molar-refractivity contribution < 1.29 is 4.52 Å². The summed E-state index contributed by atoms with van der Waals surface area (Å²) in [5, 5.41) is 7.30. The molecule has 0 bridgehead atoms. The molecule has 1 N–H and O–H groups in total. The molecule has 1 aromatic rings. The summed E-state index contributed by atoms with van der Waals surface area (Å²) in [7, 11) is 0. The van der Waals surface area contributed by atoms with E-state index < -0.39 is 0 Å². The van der Waals surface area contributed by atoms with Gasteiger partial charge in [0.15, 0.2) is 0 Å². The molecule has 68 valence electrons. The van der Waals surface area contributed by atoms with E-state index in [1.165, 1.54) is 19.3 Å². The minimum Gasteiger partial charge on any atom is -0.364 e. The lowest BCUT2D eigenvalue weighted by Gasteiger charge is -2.20. The molecule has 3 nitrogen and oxygen atoms in total. The monoisotopic (exact) mass is 188 g/mol. The molecular weight excluding hydrogens is 176 g/mol. The number of piperidine rings is 1. The van der Waals surface area contributed by atoms with Crippen molar-refractivity contribution in [1.82, 2.24) is 10.5 Å². The molecule has 1 aromatic heterocycles. The van der Waals surface area contributed by atoms with Crippen LogP contribution < -0.4 is 5.32 Å². The van der Waals surface area contributed by atoms with Crippen molar-refractivity contribution in [2.24, 2.45) is 0 Å². The minimum absolute atomic E-state index is 0. The third-order valence-corrected chi connectivity index (χ3v) is 2.13. The van der Waals surface area contributed by atoms with Crippen LogP contribution in [0.2, 0.25) is 0 Å². The van der Waals surface area contributed by atoms with Gasteiger partial charge in [0.25, 0.3) is 0 Å². The van der Waals surface area contributed by atoms with Crippen LogP contribution in [0.15, 0.2) is 16.9 Å². The maximum Gasteiger partial charge on any atom is 0.124 e. The molecule has 1 fully saturated rings. The van der Waals surface area contributed by atoms with E-state index in [1.807, 2.05) is 6.07 Å². The minimum atomic E-state index is 0. The first-order valence-corrected chi connectivity index (χ1v) is 4.10. The van der Waals surface area contributed by atoms with E-state index in [-0.39, 0.29) is 12.4 Å². The highest BCUT2D eigenvalue weighted by atomic mass is 35.5. The third kappa shape index (κ3) is 1.99. The molecule has 0 radical (unpaired) electrons. The Morgan fingerprint density at radius 1 is 1.50 bits per heavy atom. The standard InChI is InChI=1S/C8H12N2O.ClH/c1-2-5-9-7(3-1)8-4-6-11-10-8;/h4,6-7,9H,1-3,5H2;1H/t7-;/m1./s1. The number of nitrogens with one attached hydrogen (secondary N) is 1. The predicted octanol–water partition coefficient (Wildman–Crippen LogP) is 1.91. The second-order valence-electron chi connectivity index (χ2n) is 2.93. The Morgan fingerprint density at radius 3 is 3.00 bits per heavy atom. The summed E-state index contributed by atoms with van der Waals surface area (Å²) in [5.41, 5.74) is 1.05. The lowest BCUT2D eigenvalue weighted by Crippen LogP contribution is -2.26. The Hall–Kier alpha value is -0.540. The Morgan fingerprint density at radius 2 is 2.42 bits per heavy atom. The summed E-state index contributed by atoms with van der Waals surface area (Å²) < 4.78 is 4.78. The number of hydrogen-bond acceptors (Lipinski definition) is 3. The second kappa shape index (κ2) is 4.48. The highest BCUT2D eigenvalue weighted by molar-refractivity contribution is 5.85. The summed E-state index contributed by atoms with van der Waals surface area (Å²) in [6.45, 7) is 1.11. The van der Waals surface area contributed by atoms with E-state index in [0.717, 1.165) is 12.2 Å². The quantitative estimate of drug-likeness (QED) is 0.732. The number of hydrogen-bond donors (Lipinski definition) is 1. The number of aromatic nitrogens is 1. The molecule has 1 aliphatic heterocycles. The fourth-order valence-electron chi connectivity index (χ4n) is 1.51. The zero-order valence-corrected chi connectivity index (χ0v) is 7.64. The van der Waals surface area contributed by atoms with E-state index in [2.05, 4.69) is 10.5 Å². The molecule has 12 heavy (non-hydrogen) atoms. The zero-order chi connectivity index (χ0) is 7.52. The molecule has 4 heteroatoms. The summed E-state index contributed by atoms with van der Waals surface area (Å²) in [5.74, 6) is 0. The Kier molecular flexibility index (Phi) is 3.56. The summed E-state index contributed by atoms with van der Waals surface area (Å²) in [4.78, 5) is 0. The lowest BCUT2D eigenvalue weighted by atomic mass is 10.0. The molecule has 0 unspecified atom stereocenters. The highest BCUT2D eigenvalue weighted by Gasteiger charge is 2.16. The van der Waals surface area contributed by atoms with Crippen molar-refractivity contribution in [3.05, 3.63) is 18.0 Å². The van der Waals surface area contributed by atoms with Gasteiger partial charge in [-0.15, -0.1) is 12.4 Å². The smallest absolute Gasteiger partial charge is 0.124 e. The number of rotatable bonds is 1. The van der Waals surface area contributed by atoms with Gasteiger partial charge in [0.05, 0.1) is 6.04 Å². The molecule has 0 saturated carbocycles. The maximum absolute atomic E-state index is 4.78. The molecule has 2 rings (SSSR count). The largest absolute Gasteiger partial charge is 0.364 e.